The van der Waals surface area contributed by atoms with E-state index in [0.29, 0.717) is 6.61 Å². The molecule has 0 saturated carbocycles. The Hall–Kier alpha value is -1.07. The predicted molar refractivity (Wildman–Crippen MR) is 110 cm³/mol. The van der Waals surface area contributed by atoms with Crippen LogP contribution in [0.1, 0.15) is 92.9 Å². The summed E-state index contributed by atoms with van der Waals surface area (Å²) in [5.41, 5.74) is -1.38. The number of unbranched alkanes of at least 4 members (excludes halogenated alkanes) is 7. The molecule has 0 radical (unpaired) electrons. The summed E-state index contributed by atoms with van der Waals surface area (Å²) >= 11 is 0. The second kappa shape index (κ2) is 11.1. The second-order valence-corrected chi connectivity index (χ2v) is 9.00. The molecule has 0 aromatic carbocycles. The maximum Gasteiger partial charge on any atom is 0.413 e. The molecule has 0 aromatic rings. The van der Waals surface area contributed by atoms with E-state index in [0.717, 1.165) is 12.8 Å². The molecule has 1 rings (SSSR count). The van der Waals surface area contributed by atoms with E-state index in [4.69, 9.17) is 9.47 Å². The second-order valence-electron chi connectivity index (χ2n) is 9.00. The van der Waals surface area contributed by atoms with Gasteiger partial charge in [0.2, 0.25) is 0 Å². The predicted octanol–water partition coefficient (Wildman–Crippen LogP) is 5.42. The van der Waals surface area contributed by atoms with Gasteiger partial charge in [-0.05, 0) is 47.5 Å². The zero-order chi connectivity index (χ0) is 20.5. The summed E-state index contributed by atoms with van der Waals surface area (Å²) in [6.07, 6.45) is 12.5. The number of carbonyl (C=O) groups excluding carboxylic acids is 1. The van der Waals surface area contributed by atoms with Crippen LogP contribution < -0.4 is 0 Å². The minimum absolute atomic E-state index is 0.301. The normalized spacial score (nSPS) is 21.0. The summed E-state index contributed by atoms with van der Waals surface area (Å²) in [7, 11) is 0. The lowest BCUT2D eigenvalue weighted by atomic mass is 10.1. The maximum absolute atomic E-state index is 12.6. The van der Waals surface area contributed by atoms with Gasteiger partial charge in [-0.25, -0.2) is 4.79 Å². The van der Waals surface area contributed by atoms with Gasteiger partial charge in [-0.2, -0.15) is 0 Å². The molecule has 0 spiro atoms. The average molecular weight is 384 g/mol. The first kappa shape index (κ1) is 24.0. The molecule has 0 aromatic heterocycles. The van der Waals surface area contributed by atoms with E-state index in [-0.39, 0.29) is 0 Å². The van der Waals surface area contributed by atoms with Gasteiger partial charge in [0.25, 0.3) is 0 Å². The van der Waals surface area contributed by atoms with Crippen LogP contribution in [0.15, 0.2) is 12.2 Å². The third-order valence-electron chi connectivity index (χ3n) is 4.81. The van der Waals surface area contributed by atoms with Crippen molar-refractivity contribution in [2.75, 3.05) is 6.61 Å². The van der Waals surface area contributed by atoms with Crippen molar-refractivity contribution in [1.29, 1.82) is 0 Å². The van der Waals surface area contributed by atoms with Crippen LogP contribution in [0.5, 0.6) is 0 Å². The first-order valence-corrected chi connectivity index (χ1v) is 10.6. The number of amides is 1. The molecule has 0 aliphatic carbocycles. The van der Waals surface area contributed by atoms with Crippen LogP contribution in [-0.2, 0) is 9.47 Å². The van der Waals surface area contributed by atoms with Crippen molar-refractivity contribution in [3.8, 4) is 0 Å². The highest BCUT2D eigenvalue weighted by atomic mass is 16.6. The van der Waals surface area contributed by atoms with Crippen LogP contribution in [0.2, 0.25) is 0 Å². The number of aliphatic hydroxyl groups excluding tert-OH is 1. The van der Waals surface area contributed by atoms with Crippen LogP contribution in [0.3, 0.4) is 0 Å². The summed E-state index contributed by atoms with van der Waals surface area (Å²) < 4.78 is 11.3. The molecular formula is C22H41NO4. The Morgan fingerprint density at radius 1 is 1.22 bits per heavy atom. The van der Waals surface area contributed by atoms with Crippen molar-refractivity contribution >= 4 is 6.09 Å². The topological polar surface area (TPSA) is 59.0 Å². The SMILES string of the molecule is CCCCCCCCC/C=C/[C@@H](O)[C@@H]1COC(C)(C)N1C(=O)OC(C)(C)C. The Bertz CT molecular complexity index is 467. The Morgan fingerprint density at radius 2 is 1.81 bits per heavy atom. The van der Waals surface area contributed by atoms with Crippen molar-refractivity contribution in [2.45, 2.75) is 116 Å². The molecule has 1 saturated heterocycles. The zero-order valence-electron chi connectivity index (χ0n) is 18.3. The summed E-state index contributed by atoms with van der Waals surface area (Å²) in [5.74, 6) is 0. The lowest BCUT2D eigenvalue weighted by Gasteiger charge is -2.36. The van der Waals surface area contributed by atoms with Crippen molar-refractivity contribution < 1.29 is 19.4 Å². The number of allylic oxidation sites excluding steroid dienone is 1. The van der Waals surface area contributed by atoms with Gasteiger partial charge in [0.1, 0.15) is 11.3 Å². The van der Waals surface area contributed by atoms with Crippen LogP contribution in [0.4, 0.5) is 4.79 Å². The molecule has 1 aliphatic rings. The van der Waals surface area contributed by atoms with Gasteiger partial charge in [0, 0.05) is 0 Å². The van der Waals surface area contributed by atoms with E-state index < -0.39 is 29.6 Å². The lowest BCUT2D eigenvalue weighted by molar-refractivity contribution is -0.0661. The summed E-state index contributed by atoms with van der Waals surface area (Å²) in [4.78, 5) is 14.1. The fourth-order valence-corrected chi connectivity index (χ4v) is 3.33. The average Bonchev–Trinajstić information content (AvgIpc) is 2.87. The van der Waals surface area contributed by atoms with Gasteiger partial charge in [-0.1, -0.05) is 57.6 Å². The number of aliphatic hydroxyl groups is 1. The van der Waals surface area contributed by atoms with Crippen molar-refractivity contribution in [2.24, 2.45) is 0 Å². The molecule has 1 amide bonds. The van der Waals surface area contributed by atoms with Crippen molar-refractivity contribution in [1.82, 2.24) is 4.90 Å². The van der Waals surface area contributed by atoms with Gasteiger partial charge in [0.05, 0.1) is 18.8 Å². The van der Waals surface area contributed by atoms with Crippen molar-refractivity contribution in [3.63, 3.8) is 0 Å². The van der Waals surface area contributed by atoms with E-state index in [1.807, 2.05) is 40.7 Å². The van der Waals surface area contributed by atoms with Gasteiger partial charge in [-0.3, -0.25) is 4.90 Å². The fraction of sp³-hybridized carbons (Fsp3) is 0.864. The number of nitrogens with zero attached hydrogens (tertiary/aromatic N) is 1. The van der Waals surface area contributed by atoms with Gasteiger partial charge < -0.3 is 14.6 Å². The highest BCUT2D eigenvalue weighted by Crippen LogP contribution is 2.31. The maximum atomic E-state index is 12.6. The Labute approximate surface area is 166 Å². The van der Waals surface area contributed by atoms with E-state index in [9.17, 15) is 9.90 Å². The van der Waals surface area contributed by atoms with E-state index in [2.05, 4.69) is 6.92 Å². The Balaban J connectivity index is 2.47. The summed E-state index contributed by atoms with van der Waals surface area (Å²) in [6.45, 7) is 11.7. The van der Waals surface area contributed by atoms with E-state index >= 15 is 0 Å². The number of hydrogen-bond acceptors (Lipinski definition) is 4. The third-order valence-corrected chi connectivity index (χ3v) is 4.81. The molecule has 158 valence electrons. The highest BCUT2D eigenvalue weighted by molar-refractivity contribution is 5.70. The summed E-state index contributed by atoms with van der Waals surface area (Å²) in [5, 5.41) is 10.6. The molecule has 27 heavy (non-hydrogen) atoms. The van der Waals surface area contributed by atoms with Crippen molar-refractivity contribution in [3.05, 3.63) is 12.2 Å². The smallest absolute Gasteiger partial charge is 0.413 e. The fourth-order valence-electron chi connectivity index (χ4n) is 3.33. The molecular weight excluding hydrogens is 342 g/mol. The molecule has 1 N–H and O–H groups in total. The molecule has 1 fully saturated rings. The van der Waals surface area contributed by atoms with Crippen LogP contribution in [-0.4, -0.2) is 46.2 Å². The number of hydrogen-bond donors (Lipinski definition) is 1. The molecule has 0 bridgehead atoms. The molecule has 5 nitrogen and oxygen atoms in total. The minimum Gasteiger partial charge on any atom is -0.444 e. The zero-order valence-corrected chi connectivity index (χ0v) is 18.3. The van der Waals surface area contributed by atoms with Crippen LogP contribution >= 0.6 is 0 Å². The third kappa shape index (κ3) is 8.65. The number of carbonyl (C=O) groups is 1. The first-order chi connectivity index (χ1) is 12.6. The molecule has 5 heteroatoms. The molecule has 2 atom stereocenters. The van der Waals surface area contributed by atoms with Crippen LogP contribution in [0.25, 0.3) is 0 Å². The van der Waals surface area contributed by atoms with Crippen LogP contribution in [0, 0.1) is 0 Å². The van der Waals surface area contributed by atoms with Gasteiger partial charge >= 0.3 is 6.09 Å². The monoisotopic (exact) mass is 383 g/mol. The Morgan fingerprint density at radius 3 is 2.41 bits per heavy atom. The molecule has 0 unspecified atom stereocenters. The minimum atomic E-state index is -0.791. The standard InChI is InChI=1S/C22H41NO4/c1-7-8-9-10-11-12-13-14-15-16-19(24)18-17-26-22(5,6)23(18)20(25)27-21(2,3)4/h15-16,18-19,24H,7-14,17H2,1-6H3/b16-15+/t18-,19+/m0/s1. The van der Waals surface area contributed by atoms with Gasteiger partial charge in [0.15, 0.2) is 0 Å². The number of rotatable bonds is 10. The molecule has 1 aliphatic heterocycles. The van der Waals surface area contributed by atoms with E-state index in [1.165, 1.54) is 43.4 Å². The highest BCUT2D eigenvalue weighted by Gasteiger charge is 2.47. The quantitative estimate of drug-likeness (QED) is 0.404. The summed E-state index contributed by atoms with van der Waals surface area (Å²) in [6, 6.07) is -0.430. The van der Waals surface area contributed by atoms with E-state index in [1.54, 1.807) is 6.08 Å². The van der Waals surface area contributed by atoms with Gasteiger partial charge in [-0.15, -0.1) is 0 Å². The lowest BCUT2D eigenvalue weighted by Crippen LogP contribution is -2.53. The first-order valence-electron chi connectivity index (χ1n) is 10.6. The Kier molecular flexibility index (Phi) is 9.82. The molecule has 1 heterocycles. The number of ether oxygens (including phenoxy) is 2. The largest absolute Gasteiger partial charge is 0.444 e.